The smallest absolute Gasteiger partial charge is 0.254 e. The molecule has 2 aromatic heterocycles. The lowest BCUT2D eigenvalue weighted by atomic mass is 9.90. The number of carbonyl (C=O) groups is 1. The molecule has 2 aliphatic heterocycles. The van der Waals surface area contributed by atoms with Crippen LogP contribution in [0.3, 0.4) is 0 Å². The number of halogens is 1. The number of sulfonamides is 1. The number of nitrogen functional groups attached to an aromatic ring is 1. The lowest BCUT2D eigenvalue weighted by Crippen LogP contribution is -2.38. The Bertz CT molecular complexity index is 1310. The molecule has 32 heavy (non-hydrogen) atoms. The van der Waals surface area contributed by atoms with Crippen molar-refractivity contribution in [2.45, 2.75) is 30.2 Å². The van der Waals surface area contributed by atoms with Crippen molar-refractivity contribution in [3.05, 3.63) is 65.4 Å². The number of hydrogen-bond acceptors (Lipinski definition) is 7. The predicted molar refractivity (Wildman–Crippen MR) is 115 cm³/mol. The van der Waals surface area contributed by atoms with E-state index < -0.39 is 21.8 Å². The molecule has 0 spiro atoms. The summed E-state index contributed by atoms with van der Waals surface area (Å²) in [5.74, 6) is -1.19. The van der Waals surface area contributed by atoms with Crippen molar-refractivity contribution in [3.8, 4) is 0 Å². The maximum absolute atomic E-state index is 13.9. The third-order valence-electron chi connectivity index (χ3n) is 5.97. The number of anilines is 2. The first kappa shape index (κ1) is 20.6. The fourth-order valence-corrected chi connectivity index (χ4v) is 5.72. The summed E-state index contributed by atoms with van der Waals surface area (Å²) in [6.45, 7) is 0.731. The van der Waals surface area contributed by atoms with E-state index in [1.54, 1.807) is 12.1 Å². The molecule has 0 saturated carbocycles. The Hall–Kier alpha value is -3.31. The van der Waals surface area contributed by atoms with E-state index in [1.807, 2.05) is 0 Å². The van der Waals surface area contributed by atoms with Crippen LogP contribution in [-0.2, 0) is 23.0 Å². The van der Waals surface area contributed by atoms with Gasteiger partial charge in [0.25, 0.3) is 5.91 Å². The predicted octanol–water partition coefficient (Wildman–Crippen LogP) is 1.99. The van der Waals surface area contributed by atoms with E-state index in [0.29, 0.717) is 41.9 Å². The highest BCUT2D eigenvalue weighted by Crippen LogP contribution is 2.35. The highest BCUT2D eigenvalue weighted by Gasteiger charge is 2.36. The van der Waals surface area contributed by atoms with Crippen molar-refractivity contribution in [2.24, 2.45) is 0 Å². The van der Waals surface area contributed by atoms with Gasteiger partial charge in [-0.1, -0.05) is 0 Å². The van der Waals surface area contributed by atoms with Crippen LogP contribution < -0.4 is 11.1 Å². The van der Waals surface area contributed by atoms with Crippen molar-refractivity contribution in [1.82, 2.24) is 19.1 Å². The van der Waals surface area contributed by atoms with Crippen molar-refractivity contribution < 1.29 is 17.6 Å². The molecule has 0 aliphatic carbocycles. The number of carbonyl (C=O) groups excluding carboxylic acids is 1. The van der Waals surface area contributed by atoms with Gasteiger partial charge in [0.15, 0.2) is 0 Å². The summed E-state index contributed by atoms with van der Waals surface area (Å²) in [4.78, 5) is 17.5. The van der Waals surface area contributed by atoms with Crippen molar-refractivity contribution in [2.75, 3.05) is 24.1 Å². The normalized spacial score (nSPS) is 18.5. The lowest BCUT2D eigenvalue weighted by molar-refractivity contribution is 0.0850. The molecule has 0 amide bonds. The van der Waals surface area contributed by atoms with Crippen LogP contribution in [0.25, 0.3) is 0 Å². The average molecular weight is 457 g/mol. The van der Waals surface area contributed by atoms with Crippen LogP contribution in [0.5, 0.6) is 0 Å². The first-order chi connectivity index (χ1) is 15.4. The zero-order valence-electron chi connectivity index (χ0n) is 17.0. The van der Waals surface area contributed by atoms with E-state index in [4.69, 9.17) is 5.73 Å². The highest BCUT2D eigenvalue weighted by atomic mass is 32.2. The molecule has 1 unspecified atom stereocenters. The van der Waals surface area contributed by atoms with Gasteiger partial charge in [0.2, 0.25) is 10.0 Å². The summed E-state index contributed by atoms with van der Waals surface area (Å²) in [5, 5.41) is 7.42. The molecule has 3 aromatic rings. The molecule has 0 fully saturated rings. The van der Waals surface area contributed by atoms with Gasteiger partial charge in [-0.05, 0) is 48.7 Å². The van der Waals surface area contributed by atoms with E-state index in [1.165, 1.54) is 39.6 Å². The minimum Gasteiger partial charge on any atom is -0.385 e. The molecule has 1 aromatic carbocycles. The zero-order valence-corrected chi connectivity index (χ0v) is 17.8. The number of hydrogen-bond donors (Lipinski definition) is 2. The van der Waals surface area contributed by atoms with Gasteiger partial charge >= 0.3 is 0 Å². The summed E-state index contributed by atoms with van der Waals surface area (Å²) < 4.78 is 42.6. The monoisotopic (exact) mass is 456 g/mol. The Morgan fingerprint density at radius 2 is 2.12 bits per heavy atom. The van der Waals surface area contributed by atoms with Gasteiger partial charge in [-0.3, -0.25) is 9.78 Å². The first-order valence-corrected chi connectivity index (χ1v) is 11.6. The van der Waals surface area contributed by atoms with E-state index in [2.05, 4.69) is 15.4 Å². The summed E-state index contributed by atoms with van der Waals surface area (Å²) in [5.41, 5.74) is 8.45. The molecule has 5 rings (SSSR count). The molecule has 2 aliphatic rings. The molecular formula is C21H21FN6O3S. The number of pyridine rings is 1. The quantitative estimate of drug-likeness (QED) is 0.618. The largest absolute Gasteiger partial charge is 0.385 e. The third kappa shape index (κ3) is 3.33. The van der Waals surface area contributed by atoms with Crippen molar-refractivity contribution in [1.29, 1.82) is 0 Å². The van der Waals surface area contributed by atoms with E-state index in [0.717, 1.165) is 0 Å². The maximum Gasteiger partial charge on any atom is 0.254 e. The van der Waals surface area contributed by atoms with Gasteiger partial charge in [-0.2, -0.15) is 4.31 Å². The molecule has 4 heterocycles. The molecule has 9 nitrogen and oxygen atoms in total. The van der Waals surface area contributed by atoms with Crippen molar-refractivity contribution >= 4 is 27.4 Å². The fourth-order valence-electron chi connectivity index (χ4n) is 4.35. The second-order valence-corrected chi connectivity index (χ2v) is 9.78. The van der Waals surface area contributed by atoms with E-state index in [-0.39, 0.29) is 29.7 Å². The maximum atomic E-state index is 13.9. The van der Waals surface area contributed by atoms with Crippen LogP contribution in [-0.4, -0.2) is 46.5 Å². The first-order valence-electron chi connectivity index (χ1n) is 10.2. The number of nitrogens with zero attached hydrogens (tertiary/aromatic N) is 4. The molecule has 0 saturated heterocycles. The molecule has 0 radical (unpaired) electrons. The molecule has 0 bridgehead atoms. The van der Waals surface area contributed by atoms with Crippen LogP contribution >= 0.6 is 0 Å². The molecular weight excluding hydrogens is 435 g/mol. The van der Waals surface area contributed by atoms with Crippen LogP contribution in [0.2, 0.25) is 0 Å². The van der Waals surface area contributed by atoms with Gasteiger partial charge in [0.1, 0.15) is 16.5 Å². The minimum atomic E-state index is -3.80. The molecule has 11 heteroatoms. The summed E-state index contributed by atoms with van der Waals surface area (Å²) in [6, 6.07) is 7.34. The van der Waals surface area contributed by atoms with E-state index >= 15 is 0 Å². The van der Waals surface area contributed by atoms with Gasteiger partial charge in [0.05, 0.1) is 18.2 Å². The minimum absolute atomic E-state index is 0.0382. The lowest BCUT2D eigenvalue weighted by Gasteiger charge is -2.28. The number of aromatic nitrogens is 3. The SMILES string of the molecule is Nc1nn(C(=O)C2CCNc3ccc(F)cc32)c2c1CCN(S(=O)(=O)c1cccnc1)C2. The second-order valence-electron chi connectivity index (χ2n) is 7.84. The summed E-state index contributed by atoms with van der Waals surface area (Å²) >= 11 is 0. The van der Waals surface area contributed by atoms with Gasteiger partial charge in [-0.15, -0.1) is 5.10 Å². The number of benzene rings is 1. The Labute approximate surface area is 184 Å². The van der Waals surface area contributed by atoms with Crippen LogP contribution in [0.4, 0.5) is 15.9 Å². The Morgan fingerprint density at radius 3 is 2.91 bits per heavy atom. The summed E-state index contributed by atoms with van der Waals surface area (Å²) in [6.07, 6.45) is 3.59. The number of nitrogens with one attached hydrogen (secondary N) is 1. The number of nitrogens with two attached hydrogens (primary N) is 1. The Morgan fingerprint density at radius 1 is 1.28 bits per heavy atom. The van der Waals surface area contributed by atoms with Crippen LogP contribution in [0.1, 0.15) is 34.0 Å². The number of rotatable bonds is 3. The zero-order chi connectivity index (χ0) is 22.5. The highest BCUT2D eigenvalue weighted by molar-refractivity contribution is 7.89. The van der Waals surface area contributed by atoms with Crippen molar-refractivity contribution in [3.63, 3.8) is 0 Å². The topological polar surface area (TPSA) is 123 Å². The standard InChI is InChI=1S/C21H21FN6O3S/c22-13-3-4-18-17(10-13)15(5-8-25-18)21(29)28-19-12-27(9-6-16(19)20(23)26-28)32(30,31)14-2-1-7-24-11-14/h1-4,7,10-11,15,25H,5-6,8-9,12H2,(H2,23,26). The van der Waals surface area contributed by atoms with Crippen LogP contribution in [0.15, 0.2) is 47.6 Å². The summed E-state index contributed by atoms with van der Waals surface area (Å²) in [7, 11) is -3.80. The van der Waals surface area contributed by atoms with E-state index in [9.17, 15) is 17.6 Å². The molecule has 1 atom stereocenters. The van der Waals surface area contributed by atoms with Crippen LogP contribution in [0, 0.1) is 5.82 Å². The van der Waals surface area contributed by atoms with Gasteiger partial charge in [0, 0.05) is 36.7 Å². The average Bonchev–Trinajstić information content (AvgIpc) is 3.14. The fraction of sp³-hybridized carbons (Fsp3) is 0.286. The molecule has 3 N–H and O–H groups in total. The second kappa shape index (κ2) is 7.68. The van der Waals surface area contributed by atoms with Gasteiger partial charge < -0.3 is 11.1 Å². The van der Waals surface area contributed by atoms with Gasteiger partial charge in [-0.25, -0.2) is 17.5 Å². The third-order valence-corrected chi connectivity index (χ3v) is 7.80. The Balaban J connectivity index is 1.51. The Kier molecular flexibility index (Phi) is 4.94. The molecule has 166 valence electrons. The number of fused-ring (bicyclic) bond motifs is 2.